The number of ether oxygens (including phenoxy) is 1. The van der Waals surface area contributed by atoms with Gasteiger partial charge in [0.05, 0.1) is 11.3 Å². The predicted octanol–water partition coefficient (Wildman–Crippen LogP) is 3.45. The Morgan fingerprint density at radius 1 is 1.19 bits per heavy atom. The molecule has 27 heavy (non-hydrogen) atoms. The highest BCUT2D eigenvalue weighted by Crippen LogP contribution is 2.44. The van der Waals surface area contributed by atoms with Crippen LogP contribution in [0.1, 0.15) is 49.9 Å². The lowest BCUT2D eigenvalue weighted by atomic mass is 9.67. The van der Waals surface area contributed by atoms with Gasteiger partial charge in [0.2, 0.25) is 0 Å². The van der Waals surface area contributed by atoms with Crippen molar-refractivity contribution in [1.29, 1.82) is 0 Å². The van der Waals surface area contributed by atoms with E-state index in [1.165, 1.54) is 11.1 Å². The van der Waals surface area contributed by atoms with E-state index in [2.05, 4.69) is 64.8 Å². The van der Waals surface area contributed by atoms with Crippen molar-refractivity contribution in [3.05, 3.63) is 53.5 Å². The molecule has 5 heteroatoms. The predicted molar refractivity (Wildman–Crippen MR) is 108 cm³/mol. The molecule has 2 aliphatic rings. The van der Waals surface area contributed by atoms with E-state index >= 15 is 0 Å². The summed E-state index contributed by atoms with van der Waals surface area (Å²) in [5, 5.41) is 7.00. The third-order valence-corrected chi connectivity index (χ3v) is 6.00. The van der Waals surface area contributed by atoms with E-state index in [-0.39, 0.29) is 11.0 Å². The van der Waals surface area contributed by atoms with E-state index in [4.69, 9.17) is 4.74 Å². The molecule has 2 aliphatic heterocycles. The number of hydrogen-bond acceptors (Lipinski definition) is 5. The number of aromatic nitrogens is 2. The van der Waals surface area contributed by atoms with E-state index in [1.807, 2.05) is 0 Å². The molecule has 1 aromatic heterocycles. The van der Waals surface area contributed by atoms with Crippen LogP contribution in [0.4, 0.5) is 5.82 Å². The van der Waals surface area contributed by atoms with Crippen LogP contribution in [-0.4, -0.2) is 35.3 Å². The largest absolute Gasteiger partial charge is 0.376 e. The van der Waals surface area contributed by atoms with Gasteiger partial charge < -0.3 is 15.4 Å². The van der Waals surface area contributed by atoms with Crippen LogP contribution in [0.2, 0.25) is 0 Å². The number of hydrogen-bond donors (Lipinski definition) is 2. The van der Waals surface area contributed by atoms with Crippen LogP contribution < -0.4 is 10.6 Å². The van der Waals surface area contributed by atoms with Crippen molar-refractivity contribution in [3.63, 3.8) is 0 Å². The van der Waals surface area contributed by atoms with Gasteiger partial charge in [-0.3, -0.25) is 0 Å². The third-order valence-electron chi connectivity index (χ3n) is 6.00. The highest BCUT2D eigenvalue weighted by Gasteiger charge is 2.41. The second-order valence-corrected chi connectivity index (χ2v) is 8.43. The molecule has 0 spiro atoms. The Bertz CT molecular complexity index is 777. The molecule has 2 N–H and O–H groups in total. The first-order valence-corrected chi connectivity index (χ1v) is 10.0. The highest BCUT2D eigenvalue weighted by molar-refractivity contribution is 5.47. The minimum Gasteiger partial charge on any atom is -0.376 e. The molecule has 5 nitrogen and oxygen atoms in total. The molecule has 0 saturated carbocycles. The third kappa shape index (κ3) is 3.99. The van der Waals surface area contributed by atoms with Crippen LogP contribution in [0.5, 0.6) is 0 Å². The Hall–Kier alpha value is -1.98. The summed E-state index contributed by atoms with van der Waals surface area (Å²) in [6.45, 7) is 7.98. The molecular formula is C22H30N4O. The highest BCUT2D eigenvalue weighted by atomic mass is 16.5. The molecule has 4 rings (SSSR count). The smallest absolute Gasteiger partial charge is 0.132 e. The minimum atomic E-state index is -0.0894. The average Bonchev–Trinajstić information content (AvgIpc) is 2.68. The number of nitrogens with zero attached hydrogens (tertiary/aromatic N) is 2. The van der Waals surface area contributed by atoms with Gasteiger partial charge in [-0.15, -0.1) is 0 Å². The van der Waals surface area contributed by atoms with E-state index < -0.39 is 0 Å². The van der Waals surface area contributed by atoms with Crippen LogP contribution in [0.3, 0.4) is 0 Å². The van der Waals surface area contributed by atoms with E-state index in [1.54, 1.807) is 6.33 Å². The lowest BCUT2D eigenvalue weighted by molar-refractivity contribution is -0.0835. The van der Waals surface area contributed by atoms with Gasteiger partial charge in [0.25, 0.3) is 0 Å². The van der Waals surface area contributed by atoms with Crippen molar-refractivity contribution < 1.29 is 4.74 Å². The molecule has 0 amide bonds. The molecule has 1 aromatic carbocycles. The van der Waals surface area contributed by atoms with Gasteiger partial charge in [0.15, 0.2) is 0 Å². The second-order valence-electron chi connectivity index (χ2n) is 8.43. The van der Waals surface area contributed by atoms with Crippen LogP contribution >= 0.6 is 0 Å². The number of rotatable bonds is 5. The van der Waals surface area contributed by atoms with Gasteiger partial charge in [0.1, 0.15) is 12.1 Å². The summed E-state index contributed by atoms with van der Waals surface area (Å²) in [6.07, 6.45) is 5.84. The molecule has 0 bridgehead atoms. The van der Waals surface area contributed by atoms with Crippen LogP contribution in [0.15, 0.2) is 36.7 Å². The normalized spacial score (nSPS) is 24.2. The van der Waals surface area contributed by atoms with Gasteiger partial charge in [-0.2, -0.15) is 0 Å². The fourth-order valence-corrected chi connectivity index (χ4v) is 4.73. The topological polar surface area (TPSA) is 59.1 Å². The monoisotopic (exact) mass is 366 g/mol. The quantitative estimate of drug-likeness (QED) is 0.849. The lowest BCUT2D eigenvalue weighted by Gasteiger charge is -2.45. The van der Waals surface area contributed by atoms with Crippen molar-refractivity contribution in [2.75, 3.05) is 25.0 Å². The van der Waals surface area contributed by atoms with Crippen molar-refractivity contribution in [1.82, 2.24) is 15.3 Å². The van der Waals surface area contributed by atoms with Gasteiger partial charge in [-0.1, -0.05) is 30.3 Å². The molecule has 3 heterocycles. The maximum Gasteiger partial charge on any atom is 0.132 e. The molecule has 2 aromatic rings. The van der Waals surface area contributed by atoms with Gasteiger partial charge in [-0.25, -0.2) is 9.97 Å². The molecule has 0 aliphatic carbocycles. The zero-order valence-corrected chi connectivity index (χ0v) is 16.4. The minimum absolute atomic E-state index is 0.0894. The van der Waals surface area contributed by atoms with Crippen molar-refractivity contribution in [2.45, 2.75) is 57.1 Å². The molecular weight excluding hydrogens is 336 g/mol. The van der Waals surface area contributed by atoms with Crippen molar-refractivity contribution in [2.24, 2.45) is 0 Å². The zero-order chi connectivity index (χ0) is 18.7. The number of fused-ring (bicyclic) bond motifs is 1. The Kier molecular flexibility index (Phi) is 5.15. The van der Waals surface area contributed by atoms with Crippen LogP contribution in [-0.2, 0) is 23.1 Å². The first-order valence-electron chi connectivity index (χ1n) is 10.0. The molecule has 0 unspecified atom stereocenters. The number of anilines is 1. The summed E-state index contributed by atoms with van der Waals surface area (Å²) < 4.78 is 6.03. The summed E-state index contributed by atoms with van der Waals surface area (Å²) in [5.74, 6) is 1.01. The molecule has 0 radical (unpaired) electrons. The van der Waals surface area contributed by atoms with Crippen LogP contribution in [0.25, 0.3) is 0 Å². The fourth-order valence-electron chi connectivity index (χ4n) is 4.73. The molecule has 1 atom stereocenters. The van der Waals surface area contributed by atoms with Gasteiger partial charge >= 0.3 is 0 Å². The number of nitrogens with one attached hydrogen (secondary N) is 2. The summed E-state index contributed by atoms with van der Waals surface area (Å²) in [6, 6.07) is 11.0. The van der Waals surface area contributed by atoms with Crippen molar-refractivity contribution in [3.8, 4) is 0 Å². The summed E-state index contributed by atoms with van der Waals surface area (Å²) in [7, 11) is 0. The Morgan fingerprint density at radius 2 is 2.04 bits per heavy atom. The van der Waals surface area contributed by atoms with Gasteiger partial charge in [0, 0.05) is 30.7 Å². The SMILES string of the molecule is CC1(C)C[C@](CCNc2ncnc3c2CCNC3)(c2ccccc2)CCO1. The lowest BCUT2D eigenvalue weighted by Crippen LogP contribution is -2.45. The molecule has 1 saturated heterocycles. The Balaban J connectivity index is 1.52. The summed E-state index contributed by atoms with van der Waals surface area (Å²) in [4.78, 5) is 8.95. The fraction of sp³-hybridized carbons (Fsp3) is 0.545. The average molecular weight is 367 g/mol. The standard InChI is InChI=1S/C22H30N4O/c1-21(2)15-22(10-13-27-21,17-6-4-3-5-7-17)9-12-24-20-18-8-11-23-14-19(18)25-16-26-20/h3-7,16,23H,8-15H2,1-2H3,(H,24,25,26)/t22-/m1/s1. The van der Waals surface area contributed by atoms with E-state index in [0.29, 0.717) is 0 Å². The Labute approximate surface area is 162 Å². The molecule has 1 fully saturated rings. The second kappa shape index (κ2) is 7.56. The first-order chi connectivity index (χ1) is 13.1. The van der Waals surface area contributed by atoms with E-state index in [0.717, 1.165) is 63.4 Å². The maximum absolute atomic E-state index is 6.03. The Morgan fingerprint density at radius 3 is 2.85 bits per heavy atom. The maximum atomic E-state index is 6.03. The summed E-state index contributed by atoms with van der Waals surface area (Å²) >= 11 is 0. The zero-order valence-electron chi connectivity index (χ0n) is 16.4. The number of benzene rings is 1. The van der Waals surface area contributed by atoms with Crippen LogP contribution in [0, 0.1) is 0 Å². The first kappa shape index (κ1) is 18.4. The molecule has 144 valence electrons. The van der Waals surface area contributed by atoms with Crippen molar-refractivity contribution >= 4 is 5.82 Å². The van der Waals surface area contributed by atoms with E-state index in [9.17, 15) is 0 Å². The van der Waals surface area contributed by atoms with Gasteiger partial charge in [-0.05, 0) is 51.6 Å². The summed E-state index contributed by atoms with van der Waals surface area (Å²) in [5.41, 5.74) is 3.89.